The maximum Gasteiger partial charge on any atom is 0.338 e. The molecule has 1 aliphatic rings. The molecule has 0 heterocycles. The van der Waals surface area contributed by atoms with Gasteiger partial charge in [0.1, 0.15) is 5.67 Å². The molecule has 0 saturated heterocycles. The number of esters is 1. The van der Waals surface area contributed by atoms with Crippen LogP contribution in [0.4, 0.5) is 4.39 Å². The molecule has 0 spiro atoms. The molecule has 1 fully saturated rings. The van der Waals surface area contributed by atoms with E-state index in [2.05, 4.69) is 6.58 Å². The molecule has 2 atom stereocenters. The van der Waals surface area contributed by atoms with Crippen LogP contribution in [0.15, 0.2) is 43.0 Å². The Kier molecular flexibility index (Phi) is 3.27. The monoisotopic (exact) mass is 234 g/mol. The molecule has 0 aromatic heterocycles. The molecule has 0 radical (unpaired) electrons. The third-order valence-corrected chi connectivity index (χ3v) is 3.11. The highest BCUT2D eigenvalue weighted by molar-refractivity contribution is 5.89. The van der Waals surface area contributed by atoms with Crippen LogP contribution in [-0.4, -0.2) is 18.2 Å². The maximum absolute atomic E-state index is 13.8. The molecule has 1 saturated carbocycles. The van der Waals surface area contributed by atoms with Crippen molar-refractivity contribution in [2.45, 2.75) is 18.5 Å². The summed E-state index contributed by atoms with van der Waals surface area (Å²) < 4.78 is 18.8. The van der Waals surface area contributed by atoms with E-state index in [1.165, 1.54) is 0 Å². The molecule has 1 aromatic carbocycles. The number of allylic oxidation sites excluding steroid dienone is 1. The Balaban J connectivity index is 1.77. The molecule has 1 aliphatic carbocycles. The van der Waals surface area contributed by atoms with Crippen LogP contribution in [-0.2, 0) is 4.74 Å². The van der Waals surface area contributed by atoms with Crippen LogP contribution >= 0.6 is 0 Å². The van der Waals surface area contributed by atoms with E-state index in [-0.39, 0.29) is 18.9 Å². The molecule has 0 N–H and O–H groups in total. The predicted octanol–water partition coefficient (Wildman–Crippen LogP) is 3.15. The Labute approximate surface area is 100 Å². The molecule has 0 amide bonds. The Morgan fingerprint density at radius 2 is 2.24 bits per heavy atom. The van der Waals surface area contributed by atoms with Gasteiger partial charge in [0, 0.05) is 12.3 Å². The lowest BCUT2D eigenvalue weighted by Gasteiger charge is -2.07. The summed E-state index contributed by atoms with van der Waals surface area (Å²) in [4.78, 5) is 11.5. The van der Waals surface area contributed by atoms with Crippen molar-refractivity contribution in [1.29, 1.82) is 0 Å². The lowest BCUT2D eigenvalue weighted by Crippen LogP contribution is -2.12. The summed E-state index contributed by atoms with van der Waals surface area (Å²) in [7, 11) is 0. The molecule has 90 valence electrons. The normalized spacial score (nSPS) is 26.3. The second-order valence-corrected chi connectivity index (χ2v) is 4.33. The quantitative estimate of drug-likeness (QED) is 0.578. The number of halogens is 1. The number of rotatable bonds is 5. The molecular weight excluding hydrogens is 219 g/mol. The van der Waals surface area contributed by atoms with Crippen molar-refractivity contribution < 1.29 is 13.9 Å². The van der Waals surface area contributed by atoms with Crippen molar-refractivity contribution in [3.8, 4) is 0 Å². The van der Waals surface area contributed by atoms with Gasteiger partial charge in [-0.3, -0.25) is 0 Å². The molecule has 0 bridgehead atoms. The first kappa shape index (κ1) is 11.8. The fourth-order valence-electron chi connectivity index (χ4n) is 1.86. The Morgan fingerprint density at radius 1 is 1.53 bits per heavy atom. The number of carbonyl (C=O) groups excluding carboxylic acids is 1. The number of carbonyl (C=O) groups is 1. The summed E-state index contributed by atoms with van der Waals surface area (Å²) >= 11 is 0. The predicted molar refractivity (Wildman–Crippen MR) is 63.5 cm³/mol. The van der Waals surface area contributed by atoms with Crippen molar-refractivity contribution in [3.63, 3.8) is 0 Å². The van der Waals surface area contributed by atoms with E-state index in [9.17, 15) is 9.18 Å². The van der Waals surface area contributed by atoms with Crippen LogP contribution in [0.25, 0.3) is 0 Å². The van der Waals surface area contributed by atoms with Gasteiger partial charge in [-0.25, -0.2) is 9.18 Å². The van der Waals surface area contributed by atoms with E-state index in [4.69, 9.17) is 4.74 Å². The minimum Gasteiger partial charge on any atom is -0.462 e. The molecular formula is C14H15FO2. The SMILES string of the molecule is C=C[C@@H]1C[C@@]1(F)CCOC(=O)c1ccccc1. The Morgan fingerprint density at radius 3 is 2.82 bits per heavy atom. The molecule has 1 aromatic rings. The fourth-order valence-corrected chi connectivity index (χ4v) is 1.86. The molecule has 2 rings (SSSR count). The Hall–Kier alpha value is -1.64. The summed E-state index contributed by atoms with van der Waals surface area (Å²) in [5, 5.41) is 0. The summed E-state index contributed by atoms with van der Waals surface area (Å²) in [6, 6.07) is 8.71. The molecule has 0 aliphatic heterocycles. The van der Waals surface area contributed by atoms with Crippen molar-refractivity contribution in [3.05, 3.63) is 48.6 Å². The van der Waals surface area contributed by atoms with Gasteiger partial charge in [0.25, 0.3) is 0 Å². The number of benzene rings is 1. The van der Waals surface area contributed by atoms with Gasteiger partial charge < -0.3 is 4.74 Å². The van der Waals surface area contributed by atoms with E-state index in [1.54, 1.807) is 30.3 Å². The molecule has 2 nitrogen and oxygen atoms in total. The average molecular weight is 234 g/mol. The van der Waals surface area contributed by atoms with Gasteiger partial charge in [-0.1, -0.05) is 24.3 Å². The second-order valence-electron chi connectivity index (χ2n) is 4.33. The van der Waals surface area contributed by atoms with Gasteiger partial charge in [0.15, 0.2) is 0 Å². The zero-order chi connectivity index (χ0) is 12.3. The minimum atomic E-state index is -1.20. The third kappa shape index (κ3) is 2.73. The van der Waals surface area contributed by atoms with Crippen LogP contribution in [0.2, 0.25) is 0 Å². The summed E-state index contributed by atoms with van der Waals surface area (Å²) in [6.07, 6.45) is 2.38. The third-order valence-electron chi connectivity index (χ3n) is 3.11. The van der Waals surface area contributed by atoms with E-state index in [0.29, 0.717) is 12.0 Å². The first-order valence-corrected chi connectivity index (χ1v) is 5.69. The summed E-state index contributed by atoms with van der Waals surface area (Å²) in [6.45, 7) is 3.68. The van der Waals surface area contributed by atoms with Crippen LogP contribution in [0.1, 0.15) is 23.2 Å². The Bertz CT molecular complexity index is 415. The van der Waals surface area contributed by atoms with Crippen LogP contribution < -0.4 is 0 Å². The van der Waals surface area contributed by atoms with E-state index >= 15 is 0 Å². The first-order chi connectivity index (χ1) is 8.15. The molecule has 3 heteroatoms. The lowest BCUT2D eigenvalue weighted by molar-refractivity contribution is 0.0461. The zero-order valence-electron chi connectivity index (χ0n) is 9.56. The van der Waals surface area contributed by atoms with Crippen molar-refractivity contribution in [1.82, 2.24) is 0 Å². The smallest absolute Gasteiger partial charge is 0.338 e. The number of hydrogen-bond donors (Lipinski definition) is 0. The number of alkyl halides is 1. The largest absolute Gasteiger partial charge is 0.462 e. The van der Waals surface area contributed by atoms with Crippen LogP contribution in [0.5, 0.6) is 0 Å². The van der Waals surface area contributed by atoms with Crippen molar-refractivity contribution >= 4 is 5.97 Å². The second kappa shape index (κ2) is 4.70. The van der Waals surface area contributed by atoms with Crippen LogP contribution in [0.3, 0.4) is 0 Å². The van der Waals surface area contributed by atoms with Gasteiger partial charge in [-0.05, 0) is 18.6 Å². The van der Waals surface area contributed by atoms with Crippen LogP contribution in [0, 0.1) is 5.92 Å². The van der Waals surface area contributed by atoms with Crippen molar-refractivity contribution in [2.24, 2.45) is 5.92 Å². The maximum atomic E-state index is 13.8. The van der Waals surface area contributed by atoms with E-state index < -0.39 is 11.6 Å². The first-order valence-electron chi connectivity index (χ1n) is 5.69. The average Bonchev–Trinajstić information content (AvgIpc) is 3.01. The highest BCUT2D eigenvalue weighted by atomic mass is 19.1. The van der Waals surface area contributed by atoms with E-state index in [1.807, 2.05) is 6.07 Å². The van der Waals surface area contributed by atoms with Crippen molar-refractivity contribution in [2.75, 3.05) is 6.61 Å². The molecule has 0 unspecified atom stereocenters. The zero-order valence-corrected chi connectivity index (χ0v) is 9.56. The highest BCUT2D eigenvalue weighted by Gasteiger charge is 2.53. The summed E-state index contributed by atoms with van der Waals surface area (Å²) in [5.41, 5.74) is -0.699. The van der Waals surface area contributed by atoms with Gasteiger partial charge in [0.2, 0.25) is 0 Å². The lowest BCUT2D eigenvalue weighted by atomic mass is 10.2. The highest BCUT2D eigenvalue weighted by Crippen LogP contribution is 2.50. The standard InChI is InChI=1S/C14H15FO2/c1-2-12-10-14(12,15)8-9-17-13(16)11-6-4-3-5-7-11/h2-7,12H,1,8-10H2/t12-,14+/m1/s1. The van der Waals surface area contributed by atoms with Gasteiger partial charge in [0.05, 0.1) is 12.2 Å². The minimum absolute atomic E-state index is 0.0714. The number of ether oxygens (including phenoxy) is 1. The molecule has 17 heavy (non-hydrogen) atoms. The topological polar surface area (TPSA) is 26.3 Å². The fraction of sp³-hybridized carbons (Fsp3) is 0.357. The summed E-state index contributed by atoms with van der Waals surface area (Å²) in [5.74, 6) is -0.470. The van der Waals surface area contributed by atoms with E-state index in [0.717, 1.165) is 0 Å². The van der Waals surface area contributed by atoms with Gasteiger partial charge in [-0.2, -0.15) is 0 Å². The van der Waals surface area contributed by atoms with Gasteiger partial charge in [-0.15, -0.1) is 6.58 Å². The van der Waals surface area contributed by atoms with Gasteiger partial charge >= 0.3 is 5.97 Å². The number of hydrogen-bond acceptors (Lipinski definition) is 2.